The fraction of sp³-hybridized carbons (Fsp3) is 1.00. The van der Waals surface area contributed by atoms with Gasteiger partial charge in [0.2, 0.25) is 0 Å². The second-order valence-electron chi connectivity index (χ2n) is 5.90. The molecule has 0 heterocycles. The molecule has 116 valence electrons. The van der Waals surface area contributed by atoms with E-state index in [4.69, 9.17) is 4.74 Å². The van der Waals surface area contributed by atoms with Gasteiger partial charge in [-0.3, -0.25) is 0 Å². The highest BCUT2D eigenvalue weighted by Gasteiger charge is 2.19. The zero-order chi connectivity index (χ0) is 14.9. The molecule has 0 aromatic rings. The molecule has 5 heteroatoms. The predicted octanol–water partition coefficient (Wildman–Crippen LogP) is 2.10. The summed E-state index contributed by atoms with van der Waals surface area (Å²) in [5.74, 6) is 1.31. The number of hydrogen-bond acceptors (Lipinski definition) is 4. The largest absolute Gasteiger partial charge is 0.383 e. The molecule has 0 aromatic heterocycles. The van der Waals surface area contributed by atoms with Gasteiger partial charge < -0.3 is 10.1 Å². The van der Waals surface area contributed by atoms with E-state index in [9.17, 15) is 8.42 Å². The lowest BCUT2D eigenvalue weighted by atomic mass is 9.95. The average molecular weight is 293 g/mol. The second-order valence-corrected chi connectivity index (χ2v) is 8.57. The van der Waals surface area contributed by atoms with Crippen molar-refractivity contribution in [2.45, 2.75) is 45.8 Å². The smallest absolute Gasteiger partial charge is 0.152 e. The van der Waals surface area contributed by atoms with Gasteiger partial charge in [-0.05, 0) is 45.1 Å². The van der Waals surface area contributed by atoms with Crippen LogP contribution in [0.25, 0.3) is 0 Å². The van der Waals surface area contributed by atoms with E-state index in [1.807, 2.05) is 0 Å². The van der Waals surface area contributed by atoms with Crippen molar-refractivity contribution in [1.29, 1.82) is 0 Å². The predicted molar refractivity (Wildman–Crippen MR) is 81.2 cm³/mol. The summed E-state index contributed by atoms with van der Waals surface area (Å²) in [5.41, 5.74) is 0. The number of sulfone groups is 1. The van der Waals surface area contributed by atoms with Gasteiger partial charge in [-0.15, -0.1) is 0 Å². The summed E-state index contributed by atoms with van der Waals surface area (Å²) in [7, 11) is -1.23. The van der Waals surface area contributed by atoms with E-state index >= 15 is 0 Å². The van der Waals surface area contributed by atoms with Gasteiger partial charge >= 0.3 is 0 Å². The van der Waals surface area contributed by atoms with Gasteiger partial charge in [0, 0.05) is 13.7 Å². The van der Waals surface area contributed by atoms with Crippen molar-refractivity contribution in [3.63, 3.8) is 0 Å². The highest BCUT2D eigenvalue weighted by Crippen LogP contribution is 2.17. The summed E-state index contributed by atoms with van der Waals surface area (Å²) in [6, 6.07) is 0. The van der Waals surface area contributed by atoms with Gasteiger partial charge in [-0.25, -0.2) is 8.42 Å². The number of rotatable bonds is 11. The van der Waals surface area contributed by atoms with Gasteiger partial charge in [0.25, 0.3) is 0 Å². The highest BCUT2D eigenvalue weighted by molar-refractivity contribution is 7.91. The van der Waals surface area contributed by atoms with E-state index in [1.165, 1.54) is 0 Å². The SMILES string of the molecule is COCCNCC(CCS(=O)(=O)C(C)C)CC(C)C. The lowest BCUT2D eigenvalue weighted by Gasteiger charge is -2.20. The zero-order valence-electron chi connectivity index (χ0n) is 13.1. The fourth-order valence-corrected chi connectivity index (χ4v) is 3.15. The molecule has 1 N–H and O–H groups in total. The molecule has 0 amide bonds. The summed E-state index contributed by atoms with van der Waals surface area (Å²) in [5, 5.41) is 3.07. The van der Waals surface area contributed by atoms with Crippen LogP contribution in [0.5, 0.6) is 0 Å². The minimum absolute atomic E-state index is 0.270. The van der Waals surface area contributed by atoms with Crippen LogP contribution < -0.4 is 5.32 Å². The molecule has 0 fully saturated rings. The van der Waals surface area contributed by atoms with Crippen molar-refractivity contribution in [2.24, 2.45) is 11.8 Å². The minimum Gasteiger partial charge on any atom is -0.383 e. The molecule has 0 rings (SSSR count). The van der Waals surface area contributed by atoms with Crippen molar-refractivity contribution in [3.05, 3.63) is 0 Å². The maximum atomic E-state index is 11.9. The molecule has 0 aliphatic rings. The first-order valence-corrected chi connectivity index (χ1v) is 8.92. The van der Waals surface area contributed by atoms with Crippen molar-refractivity contribution in [3.8, 4) is 0 Å². The van der Waals surface area contributed by atoms with Gasteiger partial charge in [-0.2, -0.15) is 0 Å². The molecule has 19 heavy (non-hydrogen) atoms. The Bertz CT molecular complexity index is 313. The van der Waals surface area contributed by atoms with E-state index in [2.05, 4.69) is 19.2 Å². The molecule has 1 unspecified atom stereocenters. The third-order valence-electron chi connectivity index (χ3n) is 3.25. The normalized spacial score (nSPS) is 14.3. The van der Waals surface area contributed by atoms with Crippen molar-refractivity contribution in [2.75, 3.05) is 32.6 Å². The Balaban J connectivity index is 4.20. The molecule has 0 bridgehead atoms. The molecule has 0 radical (unpaired) electrons. The Morgan fingerprint density at radius 1 is 1.16 bits per heavy atom. The van der Waals surface area contributed by atoms with E-state index in [0.717, 1.165) is 25.9 Å². The quantitative estimate of drug-likeness (QED) is 0.593. The average Bonchev–Trinajstić information content (AvgIpc) is 2.30. The number of hydrogen-bond donors (Lipinski definition) is 1. The molecule has 0 aliphatic heterocycles. The lowest BCUT2D eigenvalue weighted by molar-refractivity contribution is 0.196. The molecule has 0 saturated carbocycles. The van der Waals surface area contributed by atoms with Crippen LogP contribution in [-0.4, -0.2) is 46.2 Å². The van der Waals surface area contributed by atoms with E-state index in [-0.39, 0.29) is 5.25 Å². The zero-order valence-corrected chi connectivity index (χ0v) is 13.9. The molecule has 4 nitrogen and oxygen atoms in total. The molecular formula is C14H31NO3S. The Morgan fingerprint density at radius 3 is 2.26 bits per heavy atom. The van der Waals surface area contributed by atoms with Crippen molar-refractivity contribution >= 4 is 9.84 Å². The first kappa shape index (κ1) is 18.9. The monoisotopic (exact) mass is 293 g/mol. The maximum absolute atomic E-state index is 11.9. The van der Waals surface area contributed by atoms with E-state index in [1.54, 1.807) is 21.0 Å². The second kappa shape index (κ2) is 9.72. The number of methoxy groups -OCH3 is 1. The molecule has 0 spiro atoms. The third-order valence-corrected chi connectivity index (χ3v) is 5.49. The molecule has 0 aliphatic carbocycles. The maximum Gasteiger partial charge on any atom is 0.152 e. The minimum atomic E-state index is -2.92. The molecule has 0 saturated heterocycles. The summed E-state index contributed by atoms with van der Waals surface area (Å²) in [6.45, 7) is 10.3. The van der Waals surface area contributed by atoms with Crippen molar-refractivity contribution < 1.29 is 13.2 Å². The van der Waals surface area contributed by atoms with Crippen LogP contribution >= 0.6 is 0 Å². The van der Waals surface area contributed by atoms with Gasteiger partial charge in [0.15, 0.2) is 9.84 Å². The summed E-state index contributed by atoms with van der Waals surface area (Å²) in [6.07, 6.45) is 1.81. The summed E-state index contributed by atoms with van der Waals surface area (Å²) in [4.78, 5) is 0. The van der Waals surface area contributed by atoms with Crippen LogP contribution in [0, 0.1) is 11.8 Å². The topological polar surface area (TPSA) is 55.4 Å². The Morgan fingerprint density at radius 2 is 1.79 bits per heavy atom. The Kier molecular flexibility index (Phi) is 9.66. The van der Waals surface area contributed by atoms with Gasteiger partial charge in [-0.1, -0.05) is 13.8 Å². The van der Waals surface area contributed by atoms with Crippen LogP contribution in [0.4, 0.5) is 0 Å². The third kappa shape index (κ3) is 9.41. The number of nitrogens with one attached hydrogen (secondary N) is 1. The van der Waals surface area contributed by atoms with Gasteiger partial charge in [0.1, 0.15) is 0 Å². The number of ether oxygens (including phenoxy) is 1. The summed E-state index contributed by atoms with van der Waals surface area (Å²) < 4.78 is 28.7. The van der Waals surface area contributed by atoms with Crippen molar-refractivity contribution in [1.82, 2.24) is 5.32 Å². The lowest BCUT2D eigenvalue weighted by Crippen LogP contribution is -2.29. The molecule has 0 aromatic carbocycles. The van der Waals surface area contributed by atoms with Gasteiger partial charge in [0.05, 0.1) is 17.6 Å². The molecule has 1 atom stereocenters. The summed E-state index contributed by atoms with van der Waals surface area (Å²) >= 11 is 0. The first-order chi connectivity index (χ1) is 8.79. The van der Waals surface area contributed by atoms with Crippen LogP contribution in [-0.2, 0) is 14.6 Å². The fourth-order valence-electron chi connectivity index (χ4n) is 2.02. The van der Waals surface area contributed by atoms with E-state index < -0.39 is 9.84 Å². The van der Waals surface area contributed by atoms with Crippen LogP contribution in [0.15, 0.2) is 0 Å². The molecular weight excluding hydrogens is 262 g/mol. The van der Waals surface area contributed by atoms with E-state index in [0.29, 0.717) is 24.2 Å². The Hall–Kier alpha value is -0.130. The highest BCUT2D eigenvalue weighted by atomic mass is 32.2. The van der Waals surface area contributed by atoms with Crippen LogP contribution in [0.1, 0.15) is 40.5 Å². The first-order valence-electron chi connectivity index (χ1n) is 7.20. The van der Waals surface area contributed by atoms with Crippen LogP contribution in [0.3, 0.4) is 0 Å². The standard InChI is InChI=1S/C14H31NO3S/c1-12(2)10-14(11-15-7-8-18-5)6-9-19(16,17)13(3)4/h12-15H,6-11H2,1-5H3. The Labute approximate surface area is 119 Å². The van der Waals surface area contributed by atoms with Crippen LogP contribution in [0.2, 0.25) is 0 Å².